The van der Waals surface area contributed by atoms with E-state index in [-0.39, 0.29) is 43.0 Å². The fourth-order valence-electron chi connectivity index (χ4n) is 1.96. The maximum atomic E-state index is 12.1. The minimum absolute atomic E-state index is 0. The fraction of sp³-hybridized carbons (Fsp3) is 0.867. The number of ether oxygens (including phenoxy) is 1. The van der Waals surface area contributed by atoms with Crippen LogP contribution in [0.25, 0.3) is 0 Å². The Morgan fingerprint density at radius 1 is 1.20 bits per heavy atom. The fourth-order valence-corrected chi connectivity index (χ4v) is 1.96. The van der Waals surface area contributed by atoms with Crippen LogP contribution in [0, 0.1) is 0 Å². The maximum absolute atomic E-state index is 12.1. The van der Waals surface area contributed by atoms with Crippen LogP contribution in [-0.2, 0) is 9.53 Å². The Morgan fingerprint density at radius 3 is 2.28 bits per heavy atom. The van der Waals surface area contributed by atoms with Gasteiger partial charge in [-0.15, -0.1) is 24.0 Å². The molecule has 0 unspecified atom stereocenters. The van der Waals surface area contributed by atoms with Crippen molar-refractivity contribution in [1.29, 1.82) is 0 Å². The third-order valence-electron chi connectivity index (χ3n) is 3.16. The molecule has 0 fully saturated rings. The van der Waals surface area contributed by atoms with Gasteiger partial charge < -0.3 is 19.9 Å². The van der Waals surface area contributed by atoms with E-state index in [0.717, 1.165) is 0 Å². The molecule has 6 nitrogen and oxygen atoms in total. The van der Waals surface area contributed by atoms with E-state index in [1.54, 1.807) is 16.8 Å². The highest BCUT2D eigenvalue weighted by molar-refractivity contribution is 14.0. The lowest BCUT2D eigenvalue weighted by molar-refractivity contribution is -0.173. The van der Waals surface area contributed by atoms with Crippen LogP contribution in [0.2, 0.25) is 0 Å². The Labute approximate surface area is 165 Å². The van der Waals surface area contributed by atoms with E-state index in [0.29, 0.717) is 38.6 Å². The van der Waals surface area contributed by atoms with Gasteiger partial charge in [0, 0.05) is 39.8 Å². The van der Waals surface area contributed by atoms with Gasteiger partial charge in [0.2, 0.25) is 5.91 Å². The predicted molar refractivity (Wildman–Crippen MR) is 103 cm³/mol. The summed E-state index contributed by atoms with van der Waals surface area (Å²) < 4.78 is 40.4. The molecule has 0 rings (SSSR count). The zero-order valence-corrected chi connectivity index (χ0v) is 17.7. The number of likely N-dealkylation sites (N-methyl/N-ethyl adjacent to an activating group) is 2. The van der Waals surface area contributed by atoms with Crippen molar-refractivity contribution in [2.24, 2.45) is 4.99 Å². The van der Waals surface area contributed by atoms with E-state index in [1.807, 2.05) is 20.8 Å². The first kappa shape index (κ1) is 26.4. The molecular formula is C15H30F3IN4O2. The number of aliphatic imine (C=N–C) groups is 1. The van der Waals surface area contributed by atoms with E-state index in [9.17, 15) is 18.0 Å². The Hall–Kier alpha value is -0.780. The summed E-state index contributed by atoms with van der Waals surface area (Å²) in [6.07, 6.45) is -3.92. The van der Waals surface area contributed by atoms with E-state index < -0.39 is 12.8 Å². The van der Waals surface area contributed by atoms with Gasteiger partial charge in [-0.25, -0.2) is 0 Å². The van der Waals surface area contributed by atoms with Gasteiger partial charge >= 0.3 is 6.18 Å². The van der Waals surface area contributed by atoms with Crippen LogP contribution < -0.4 is 5.32 Å². The molecule has 0 saturated carbocycles. The van der Waals surface area contributed by atoms with Crippen molar-refractivity contribution in [3.05, 3.63) is 0 Å². The van der Waals surface area contributed by atoms with Crippen molar-refractivity contribution in [1.82, 2.24) is 15.1 Å². The molecule has 1 N–H and O–H groups in total. The van der Waals surface area contributed by atoms with Crippen LogP contribution in [0.3, 0.4) is 0 Å². The standard InChI is InChI=1S/C15H29F3N4O2.HI/c1-5-19-14(20-9-8-10-24-12-15(16,17)18)21(4)11-13(23)22(6-2)7-3;/h5-12H2,1-4H3,(H,19,20);1H. The molecule has 0 bridgehead atoms. The van der Waals surface area contributed by atoms with Crippen LogP contribution in [-0.4, -0.2) is 80.8 Å². The summed E-state index contributed by atoms with van der Waals surface area (Å²) in [5.74, 6) is 0.551. The summed E-state index contributed by atoms with van der Waals surface area (Å²) in [6.45, 7) is 6.93. The van der Waals surface area contributed by atoms with Gasteiger partial charge in [0.25, 0.3) is 0 Å². The summed E-state index contributed by atoms with van der Waals surface area (Å²) in [5.41, 5.74) is 0. The van der Waals surface area contributed by atoms with Gasteiger partial charge in [-0.05, 0) is 27.2 Å². The van der Waals surface area contributed by atoms with Gasteiger partial charge in [-0.1, -0.05) is 0 Å². The number of hydrogen-bond donors (Lipinski definition) is 1. The van der Waals surface area contributed by atoms with Crippen LogP contribution in [0.15, 0.2) is 4.99 Å². The van der Waals surface area contributed by atoms with Crippen molar-refractivity contribution >= 4 is 35.8 Å². The molecule has 150 valence electrons. The Balaban J connectivity index is 0. The first-order valence-electron chi connectivity index (χ1n) is 8.16. The second-order valence-corrected chi connectivity index (χ2v) is 5.18. The minimum atomic E-state index is -4.30. The highest BCUT2D eigenvalue weighted by Gasteiger charge is 2.27. The largest absolute Gasteiger partial charge is 0.411 e. The molecule has 0 aromatic rings. The molecule has 0 heterocycles. The Kier molecular flexibility index (Phi) is 15.2. The number of halogens is 4. The molecule has 0 radical (unpaired) electrons. The molecule has 0 aliphatic carbocycles. The SMILES string of the molecule is CCNC(=NCCCOCC(F)(F)F)N(C)CC(=O)N(CC)CC.I. The molecule has 0 aliphatic rings. The minimum Gasteiger partial charge on any atom is -0.372 e. The number of nitrogens with one attached hydrogen (secondary N) is 1. The van der Waals surface area contributed by atoms with Gasteiger partial charge in [-0.3, -0.25) is 9.79 Å². The Bertz CT molecular complexity index is 391. The normalized spacial score (nSPS) is 11.7. The molecule has 0 atom stereocenters. The zero-order valence-electron chi connectivity index (χ0n) is 15.4. The van der Waals surface area contributed by atoms with E-state index in [1.165, 1.54) is 0 Å². The molecule has 0 aromatic carbocycles. The van der Waals surface area contributed by atoms with Gasteiger partial charge in [0.05, 0.1) is 6.54 Å². The van der Waals surface area contributed by atoms with Crippen LogP contribution in [0.5, 0.6) is 0 Å². The number of alkyl halides is 3. The summed E-state index contributed by atoms with van der Waals surface area (Å²) >= 11 is 0. The molecular weight excluding hydrogens is 452 g/mol. The monoisotopic (exact) mass is 482 g/mol. The molecule has 0 aliphatic heterocycles. The Morgan fingerprint density at radius 2 is 1.80 bits per heavy atom. The third kappa shape index (κ3) is 13.1. The van der Waals surface area contributed by atoms with Gasteiger partial charge in [0.15, 0.2) is 5.96 Å². The lowest BCUT2D eigenvalue weighted by atomic mass is 10.4. The number of hydrogen-bond acceptors (Lipinski definition) is 3. The third-order valence-corrected chi connectivity index (χ3v) is 3.16. The number of guanidine groups is 1. The van der Waals surface area contributed by atoms with Crippen LogP contribution in [0.1, 0.15) is 27.2 Å². The van der Waals surface area contributed by atoms with E-state index in [2.05, 4.69) is 15.0 Å². The number of nitrogens with zero attached hydrogens (tertiary/aromatic N) is 3. The molecule has 0 saturated heterocycles. The average molecular weight is 482 g/mol. The molecule has 0 aromatic heterocycles. The number of rotatable bonds is 10. The lowest BCUT2D eigenvalue weighted by Gasteiger charge is -2.25. The molecule has 0 spiro atoms. The summed E-state index contributed by atoms with van der Waals surface area (Å²) in [6, 6.07) is 0. The molecule has 10 heteroatoms. The highest BCUT2D eigenvalue weighted by atomic mass is 127. The first-order chi connectivity index (χ1) is 11.2. The van der Waals surface area contributed by atoms with Crippen molar-refractivity contribution in [2.45, 2.75) is 33.4 Å². The van der Waals surface area contributed by atoms with Gasteiger partial charge in [0.1, 0.15) is 6.61 Å². The zero-order chi connectivity index (χ0) is 18.6. The van der Waals surface area contributed by atoms with Crippen LogP contribution >= 0.6 is 24.0 Å². The number of carbonyl (C=O) groups is 1. The van der Waals surface area contributed by atoms with Gasteiger partial charge in [-0.2, -0.15) is 13.2 Å². The highest BCUT2D eigenvalue weighted by Crippen LogP contribution is 2.14. The maximum Gasteiger partial charge on any atom is 0.411 e. The first-order valence-corrected chi connectivity index (χ1v) is 8.16. The smallest absolute Gasteiger partial charge is 0.372 e. The number of amides is 1. The predicted octanol–water partition coefficient (Wildman–Crippen LogP) is 2.34. The van der Waals surface area contributed by atoms with Crippen molar-refractivity contribution in [3.63, 3.8) is 0 Å². The van der Waals surface area contributed by atoms with Crippen molar-refractivity contribution < 1.29 is 22.7 Å². The number of carbonyl (C=O) groups excluding carboxylic acids is 1. The molecule has 1 amide bonds. The summed E-state index contributed by atoms with van der Waals surface area (Å²) in [4.78, 5) is 19.9. The quantitative estimate of drug-likeness (QED) is 0.225. The lowest BCUT2D eigenvalue weighted by Crippen LogP contribution is -2.45. The van der Waals surface area contributed by atoms with Crippen molar-refractivity contribution in [3.8, 4) is 0 Å². The van der Waals surface area contributed by atoms with Crippen LogP contribution in [0.4, 0.5) is 13.2 Å². The van der Waals surface area contributed by atoms with E-state index in [4.69, 9.17) is 0 Å². The summed E-state index contributed by atoms with van der Waals surface area (Å²) in [7, 11) is 1.75. The average Bonchev–Trinajstić information content (AvgIpc) is 2.49. The topological polar surface area (TPSA) is 57.2 Å². The van der Waals surface area contributed by atoms with Crippen molar-refractivity contribution in [2.75, 3.05) is 53.0 Å². The second kappa shape index (κ2) is 14.4. The van der Waals surface area contributed by atoms with E-state index >= 15 is 0 Å². The molecule has 25 heavy (non-hydrogen) atoms. The summed E-state index contributed by atoms with van der Waals surface area (Å²) in [5, 5.41) is 3.06. The second-order valence-electron chi connectivity index (χ2n) is 5.18.